The van der Waals surface area contributed by atoms with Crippen molar-refractivity contribution < 1.29 is 38.5 Å². The van der Waals surface area contributed by atoms with Crippen LogP contribution in [0.5, 0.6) is 5.75 Å². The highest BCUT2D eigenvalue weighted by molar-refractivity contribution is 6.91. The van der Waals surface area contributed by atoms with Gasteiger partial charge in [0.2, 0.25) is 11.8 Å². The Morgan fingerprint density at radius 1 is 1.00 bits per heavy atom. The normalized spacial score (nSPS) is 22.6. The molecular formula is C47H59N3O8Si. The van der Waals surface area contributed by atoms with Crippen molar-refractivity contribution in [1.82, 2.24) is 4.90 Å². The SMILES string of the molecule is COc1ccc([Si](C)(C)[C@H]2[C@H](CC(=O)N(CCO)Cc3ccccc3)O[C@@]3(C(=O)N(C/C=C(\C)CCC=C(C)C)c4ccc(N5C(=O)CC5OC(C)=O)cc43)[C@@H]2C)cc1. The third-order valence-corrected chi connectivity index (χ3v) is 16.7. The lowest BCUT2D eigenvalue weighted by atomic mass is 9.82. The summed E-state index contributed by atoms with van der Waals surface area (Å²) < 4.78 is 18.3. The van der Waals surface area contributed by atoms with E-state index in [2.05, 4.69) is 65.1 Å². The number of nitrogens with zero attached hydrogens (tertiary/aromatic N) is 3. The molecule has 3 aliphatic rings. The molecule has 11 nitrogen and oxygen atoms in total. The number of ether oxygens (including phenoxy) is 3. The van der Waals surface area contributed by atoms with Crippen molar-refractivity contribution in [2.24, 2.45) is 5.92 Å². The van der Waals surface area contributed by atoms with Crippen LogP contribution in [-0.4, -0.2) is 80.9 Å². The number of benzene rings is 3. The van der Waals surface area contributed by atoms with Crippen LogP contribution < -0.4 is 19.7 Å². The second-order valence-electron chi connectivity index (χ2n) is 16.9. The number of hydrogen-bond donors (Lipinski definition) is 1. The molecule has 2 fully saturated rings. The van der Waals surface area contributed by atoms with Gasteiger partial charge in [0, 0.05) is 43.7 Å². The molecule has 0 radical (unpaired) electrons. The first kappa shape index (κ1) is 43.5. The average molecular weight is 822 g/mol. The molecule has 3 aromatic carbocycles. The van der Waals surface area contributed by atoms with Crippen LogP contribution in [-0.2, 0) is 40.8 Å². The molecule has 0 saturated carbocycles. The zero-order valence-electron chi connectivity index (χ0n) is 35.7. The molecule has 2 saturated heterocycles. The fraction of sp³-hybridized carbons (Fsp3) is 0.447. The third-order valence-electron chi connectivity index (χ3n) is 12.3. The number of carbonyl (C=O) groups is 4. The molecule has 3 amide bonds. The maximum Gasteiger partial charge on any atom is 0.304 e. The van der Waals surface area contributed by atoms with Gasteiger partial charge in [-0.2, -0.15) is 0 Å². The molecule has 59 heavy (non-hydrogen) atoms. The smallest absolute Gasteiger partial charge is 0.304 e. The van der Waals surface area contributed by atoms with Crippen LogP contribution >= 0.6 is 0 Å². The minimum Gasteiger partial charge on any atom is -0.497 e. The second kappa shape index (κ2) is 18.1. The number of amides is 3. The van der Waals surface area contributed by atoms with Crippen LogP contribution in [0.15, 0.2) is 96.1 Å². The summed E-state index contributed by atoms with van der Waals surface area (Å²) in [6.07, 6.45) is 4.70. The molecule has 5 atom stereocenters. The highest BCUT2D eigenvalue weighted by Gasteiger charge is 2.66. The van der Waals surface area contributed by atoms with E-state index in [1.54, 1.807) is 23.0 Å². The average Bonchev–Trinajstić information content (AvgIpc) is 3.62. The van der Waals surface area contributed by atoms with Crippen LogP contribution in [0.3, 0.4) is 0 Å². The first-order valence-electron chi connectivity index (χ1n) is 20.6. The largest absolute Gasteiger partial charge is 0.497 e. The van der Waals surface area contributed by atoms with Gasteiger partial charge in [-0.1, -0.05) is 91.0 Å². The van der Waals surface area contributed by atoms with Crippen LogP contribution in [0.2, 0.25) is 18.6 Å². The molecule has 1 spiro atoms. The van der Waals surface area contributed by atoms with Crippen molar-refractivity contribution in [3.63, 3.8) is 0 Å². The number of aliphatic hydroxyl groups excluding tert-OH is 1. The zero-order valence-corrected chi connectivity index (χ0v) is 36.7. The topological polar surface area (TPSA) is 126 Å². The lowest BCUT2D eigenvalue weighted by Gasteiger charge is -2.39. The Bertz CT molecular complexity index is 2100. The van der Waals surface area contributed by atoms with Crippen molar-refractivity contribution in [2.75, 3.05) is 36.6 Å². The highest BCUT2D eigenvalue weighted by atomic mass is 28.3. The lowest BCUT2D eigenvalue weighted by Crippen LogP contribution is -2.55. The summed E-state index contributed by atoms with van der Waals surface area (Å²) in [6.45, 7) is 14.7. The molecule has 3 aliphatic heterocycles. The Labute approximate surface area is 349 Å². The van der Waals surface area contributed by atoms with Gasteiger partial charge in [0.1, 0.15) is 5.75 Å². The lowest BCUT2D eigenvalue weighted by molar-refractivity contribution is -0.154. The number of hydrogen-bond acceptors (Lipinski definition) is 8. The van der Waals surface area contributed by atoms with Crippen molar-refractivity contribution in [1.29, 1.82) is 0 Å². The molecule has 12 heteroatoms. The minimum absolute atomic E-state index is 0.000982. The molecule has 3 heterocycles. The third kappa shape index (κ3) is 8.81. The number of methoxy groups -OCH3 is 1. The summed E-state index contributed by atoms with van der Waals surface area (Å²) in [4.78, 5) is 59.9. The number of allylic oxidation sites excluding steroid dienone is 3. The summed E-state index contributed by atoms with van der Waals surface area (Å²) in [6, 6.07) is 23.2. The summed E-state index contributed by atoms with van der Waals surface area (Å²) in [5, 5.41) is 11.2. The highest BCUT2D eigenvalue weighted by Crippen LogP contribution is 2.60. The van der Waals surface area contributed by atoms with Crippen molar-refractivity contribution >= 4 is 48.3 Å². The predicted octanol–water partition coefficient (Wildman–Crippen LogP) is 6.99. The van der Waals surface area contributed by atoms with Gasteiger partial charge in [-0.3, -0.25) is 24.1 Å². The van der Waals surface area contributed by atoms with Crippen molar-refractivity contribution in [3.05, 3.63) is 107 Å². The fourth-order valence-corrected chi connectivity index (χ4v) is 13.3. The second-order valence-corrected chi connectivity index (χ2v) is 21.6. The van der Waals surface area contributed by atoms with Gasteiger partial charge >= 0.3 is 5.97 Å². The summed E-state index contributed by atoms with van der Waals surface area (Å²) >= 11 is 0. The number of aliphatic hydroxyl groups is 1. The summed E-state index contributed by atoms with van der Waals surface area (Å²) in [7, 11) is -0.978. The Kier molecular flexibility index (Phi) is 13.3. The van der Waals surface area contributed by atoms with E-state index >= 15 is 4.79 Å². The molecule has 314 valence electrons. The van der Waals surface area contributed by atoms with Crippen molar-refractivity contribution in [2.45, 2.75) is 103 Å². The fourth-order valence-electron chi connectivity index (χ4n) is 9.27. The zero-order chi connectivity index (χ0) is 42.6. The number of β-lactam (4-membered cyclic amide) rings is 1. The first-order valence-corrected chi connectivity index (χ1v) is 23.7. The standard InChI is InChI=1S/C47H59N3O8Si/c1-31(2)13-12-14-32(3)23-24-49-40-22-17-36(50-43(54)29-44(50)57-34(5)52)27-39(40)47(46(49)55)33(4)45(59(7,8)38-20-18-37(56-6)19-21-38)41(58-47)28-42(53)48(25-26-51)30-35-15-10-9-11-16-35/h9-11,13,15-23,27,33,41,44-45,51H,12,14,24-26,28-30H2,1-8H3/b32-23+/t33-,41+,44?,45-,47+/m1/s1. The molecule has 0 aliphatic carbocycles. The summed E-state index contributed by atoms with van der Waals surface area (Å²) in [5.41, 5.74) is 3.44. The van der Waals surface area contributed by atoms with Gasteiger partial charge in [0.05, 0.1) is 46.4 Å². The number of esters is 1. The molecule has 1 N–H and O–H groups in total. The Hall–Kier alpha value is -5.04. The van der Waals surface area contributed by atoms with Crippen LogP contribution in [0, 0.1) is 5.92 Å². The minimum atomic E-state index is -2.61. The van der Waals surface area contributed by atoms with E-state index in [4.69, 9.17) is 14.2 Å². The number of carbonyl (C=O) groups excluding carboxylic acids is 4. The number of rotatable bonds is 16. The quantitative estimate of drug-likeness (QED) is 0.0710. The van der Waals surface area contributed by atoms with Gasteiger partial charge in [0.25, 0.3) is 5.91 Å². The molecule has 3 aromatic rings. The van der Waals surface area contributed by atoms with Crippen LogP contribution in [0.1, 0.15) is 71.4 Å². The van der Waals surface area contributed by atoms with E-state index < -0.39 is 37.9 Å². The monoisotopic (exact) mass is 821 g/mol. The van der Waals surface area contributed by atoms with E-state index in [1.165, 1.54) is 17.4 Å². The summed E-state index contributed by atoms with van der Waals surface area (Å²) in [5.74, 6) is -0.753. The molecule has 0 bridgehead atoms. The van der Waals surface area contributed by atoms with Crippen LogP contribution in [0.25, 0.3) is 0 Å². The maximum absolute atomic E-state index is 15.4. The van der Waals surface area contributed by atoms with E-state index in [1.807, 2.05) is 54.6 Å². The first-order chi connectivity index (χ1) is 28.1. The Morgan fingerprint density at radius 2 is 1.71 bits per heavy atom. The maximum atomic E-state index is 15.4. The van der Waals surface area contributed by atoms with E-state index in [0.29, 0.717) is 30.0 Å². The van der Waals surface area contributed by atoms with Gasteiger partial charge in [-0.25, -0.2) is 0 Å². The molecule has 0 aromatic heterocycles. The Morgan fingerprint density at radius 3 is 2.34 bits per heavy atom. The van der Waals surface area contributed by atoms with Crippen LogP contribution in [0.4, 0.5) is 11.4 Å². The van der Waals surface area contributed by atoms with Gasteiger partial charge in [0.15, 0.2) is 11.8 Å². The molecule has 1 unspecified atom stereocenters. The predicted molar refractivity (Wildman–Crippen MR) is 232 cm³/mol. The molecular weight excluding hydrogens is 763 g/mol. The van der Waals surface area contributed by atoms with E-state index in [-0.39, 0.29) is 49.3 Å². The number of anilines is 2. The van der Waals surface area contributed by atoms with E-state index in [0.717, 1.165) is 34.9 Å². The van der Waals surface area contributed by atoms with Gasteiger partial charge < -0.3 is 29.1 Å². The number of fused-ring (bicyclic) bond motifs is 2. The van der Waals surface area contributed by atoms with Crippen molar-refractivity contribution in [3.8, 4) is 5.75 Å². The molecule has 6 rings (SSSR count). The Balaban J connectivity index is 1.46. The van der Waals surface area contributed by atoms with E-state index in [9.17, 15) is 19.5 Å². The van der Waals surface area contributed by atoms with Gasteiger partial charge in [-0.05, 0) is 75.0 Å². The van der Waals surface area contributed by atoms with Gasteiger partial charge in [-0.15, -0.1) is 0 Å².